The highest BCUT2D eigenvalue weighted by Crippen LogP contribution is 2.26. The van der Waals surface area contributed by atoms with Crippen molar-refractivity contribution >= 4 is 41.3 Å². The summed E-state index contributed by atoms with van der Waals surface area (Å²) in [7, 11) is 1.77. The first-order chi connectivity index (χ1) is 11.1. The molecule has 0 bridgehead atoms. The fraction of sp³-hybridized carbons (Fsp3) is 0.412. The van der Waals surface area contributed by atoms with Gasteiger partial charge in [-0.25, -0.2) is 0 Å². The number of nitrogens with one attached hydrogen (secondary N) is 2. The van der Waals surface area contributed by atoms with Gasteiger partial charge < -0.3 is 15.4 Å². The molecule has 0 aliphatic heterocycles. The maximum atomic E-state index is 5.60. The Hall–Kier alpha value is -1.35. The van der Waals surface area contributed by atoms with Crippen molar-refractivity contribution in [1.29, 1.82) is 0 Å². The molecule has 0 radical (unpaired) electrons. The van der Waals surface area contributed by atoms with Crippen molar-refractivity contribution in [2.75, 3.05) is 26.7 Å². The summed E-state index contributed by atoms with van der Waals surface area (Å²) < 4.78 is 5.60. The van der Waals surface area contributed by atoms with Crippen LogP contribution in [0.3, 0.4) is 0 Å². The molecule has 2 N–H and O–H groups in total. The van der Waals surface area contributed by atoms with Gasteiger partial charge in [-0.2, -0.15) is 0 Å². The summed E-state index contributed by atoms with van der Waals surface area (Å²) in [5.74, 6) is 1.56. The highest BCUT2D eigenvalue weighted by atomic mass is 127. The normalized spacial score (nSPS) is 11.5. The summed E-state index contributed by atoms with van der Waals surface area (Å²) in [5.41, 5.74) is 0.0675. The van der Waals surface area contributed by atoms with E-state index in [0.29, 0.717) is 13.2 Å². The maximum absolute atomic E-state index is 5.60. The number of halogens is 1. The zero-order valence-corrected chi connectivity index (χ0v) is 17.4. The Balaban J connectivity index is 0.00000288. The minimum absolute atomic E-state index is 0. The SMILES string of the molecule is CN=C(NCCOc1cccnc1)NCC(C)(C)c1cccs1.I. The van der Waals surface area contributed by atoms with Crippen molar-refractivity contribution < 1.29 is 4.74 Å². The Bertz CT molecular complexity index is 602. The number of pyridine rings is 1. The monoisotopic (exact) mass is 460 g/mol. The van der Waals surface area contributed by atoms with Gasteiger partial charge in [0.25, 0.3) is 0 Å². The third kappa shape index (κ3) is 6.64. The van der Waals surface area contributed by atoms with Crippen LogP contribution in [0, 0.1) is 0 Å². The second-order valence-electron chi connectivity index (χ2n) is 5.75. The third-order valence-corrected chi connectivity index (χ3v) is 4.64. The van der Waals surface area contributed by atoms with Gasteiger partial charge in [-0.1, -0.05) is 19.9 Å². The molecule has 7 heteroatoms. The summed E-state index contributed by atoms with van der Waals surface area (Å²) in [6.45, 7) is 6.50. The van der Waals surface area contributed by atoms with Gasteiger partial charge in [-0.15, -0.1) is 35.3 Å². The number of rotatable bonds is 7. The number of nitrogens with zero attached hydrogens (tertiary/aromatic N) is 2. The minimum atomic E-state index is 0. The van der Waals surface area contributed by atoms with Crippen LogP contribution in [-0.2, 0) is 5.41 Å². The number of thiophene rings is 1. The molecule has 0 amide bonds. The molecule has 0 atom stereocenters. The van der Waals surface area contributed by atoms with Crippen molar-refractivity contribution in [3.05, 3.63) is 46.9 Å². The standard InChI is InChI=1S/C17H24N4OS.HI/c1-17(2,15-7-5-11-23-15)13-21-16(18-3)20-9-10-22-14-6-4-8-19-12-14;/h4-8,11-12H,9-10,13H2,1-3H3,(H2,18,20,21);1H. The molecule has 132 valence electrons. The predicted molar refractivity (Wildman–Crippen MR) is 112 cm³/mol. The lowest BCUT2D eigenvalue weighted by atomic mass is 9.91. The quantitative estimate of drug-likeness (QED) is 0.288. The highest BCUT2D eigenvalue weighted by Gasteiger charge is 2.21. The van der Waals surface area contributed by atoms with E-state index in [0.717, 1.165) is 18.3 Å². The van der Waals surface area contributed by atoms with E-state index in [9.17, 15) is 0 Å². The summed E-state index contributed by atoms with van der Waals surface area (Å²) in [4.78, 5) is 9.62. The number of aliphatic imine (C=N–C) groups is 1. The van der Waals surface area contributed by atoms with Crippen molar-refractivity contribution in [2.45, 2.75) is 19.3 Å². The van der Waals surface area contributed by atoms with Crippen LogP contribution >= 0.6 is 35.3 Å². The summed E-state index contributed by atoms with van der Waals surface area (Å²) in [6.07, 6.45) is 3.43. The van der Waals surface area contributed by atoms with E-state index in [-0.39, 0.29) is 29.4 Å². The molecule has 0 fully saturated rings. The first kappa shape index (κ1) is 20.7. The fourth-order valence-electron chi connectivity index (χ4n) is 2.05. The van der Waals surface area contributed by atoms with Gasteiger partial charge in [0, 0.05) is 30.1 Å². The maximum Gasteiger partial charge on any atom is 0.191 e. The highest BCUT2D eigenvalue weighted by molar-refractivity contribution is 14.0. The topological polar surface area (TPSA) is 58.5 Å². The molecule has 24 heavy (non-hydrogen) atoms. The Morgan fingerprint density at radius 2 is 2.12 bits per heavy atom. The van der Waals surface area contributed by atoms with Gasteiger partial charge in [-0.05, 0) is 23.6 Å². The summed E-state index contributed by atoms with van der Waals surface area (Å²) >= 11 is 1.78. The Morgan fingerprint density at radius 3 is 2.75 bits per heavy atom. The Labute approximate surface area is 165 Å². The van der Waals surface area contributed by atoms with Crippen LogP contribution in [-0.4, -0.2) is 37.7 Å². The zero-order chi connectivity index (χ0) is 16.5. The van der Waals surface area contributed by atoms with Gasteiger partial charge >= 0.3 is 0 Å². The Morgan fingerprint density at radius 1 is 1.29 bits per heavy atom. The molecule has 2 aromatic heterocycles. The number of ether oxygens (including phenoxy) is 1. The average molecular weight is 460 g/mol. The first-order valence-corrected chi connectivity index (χ1v) is 8.51. The lowest BCUT2D eigenvalue weighted by Crippen LogP contribution is -2.44. The molecular weight excluding hydrogens is 435 g/mol. The van der Waals surface area contributed by atoms with Crippen LogP contribution in [0.4, 0.5) is 0 Å². The number of aromatic nitrogens is 1. The van der Waals surface area contributed by atoms with E-state index in [2.05, 4.69) is 52.0 Å². The molecule has 0 aromatic carbocycles. The smallest absolute Gasteiger partial charge is 0.191 e. The molecule has 2 rings (SSSR count). The van der Waals surface area contributed by atoms with Crippen molar-refractivity contribution in [3.8, 4) is 5.75 Å². The van der Waals surface area contributed by atoms with Crippen LogP contribution in [0.15, 0.2) is 47.0 Å². The van der Waals surface area contributed by atoms with Crippen LogP contribution < -0.4 is 15.4 Å². The van der Waals surface area contributed by atoms with Gasteiger partial charge in [0.15, 0.2) is 5.96 Å². The molecule has 0 spiro atoms. The number of hydrogen-bond donors (Lipinski definition) is 2. The average Bonchev–Trinajstić information content (AvgIpc) is 3.10. The number of hydrogen-bond acceptors (Lipinski definition) is 4. The van der Waals surface area contributed by atoms with Gasteiger partial charge in [0.05, 0.1) is 12.7 Å². The van der Waals surface area contributed by atoms with Crippen molar-refractivity contribution in [2.24, 2.45) is 4.99 Å². The molecule has 0 saturated carbocycles. The summed E-state index contributed by atoms with van der Waals surface area (Å²) in [5, 5.41) is 8.74. The van der Waals surface area contributed by atoms with E-state index in [1.807, 2.05) is 12.1 Å². The van der Waals surface area contributed by atoms with Crippen LogP contribution in [0.5, 0.6) is 5.75 Å². The molecule has 0 aliphatic carbocycles. The van der Waals surface area contributed by atoms with Crippen LogP contribution in [0.1, 0.15) is 18.7 Å². The van der Waals surface area contributed by atoms with E-state index in [1.54, 1.807) is 30.8 Å². The second kappa shape index (κ2) is 10.5. The van der Waals surface area contributed by atoms with E-state index in [4.69, 9.17) is 4.74 Å². The number of guanidine groups is 1. The third-order valence-electron chi connectivity index (χ3n) is 3.41. The molecule has 2 heterocycles. The van der Waals surface area contributed by atoms with E-state index in [1.165, 1.54) is 4.88 Å². The minimum Gasteiger partial charge on any atom is -0.490 e. The largest absolute Gasteiger partial charge is 0.490 e. The van der Waals surface area contributed by atoms with Gasteiger partial charge in [0.1, 0.15) is 12.4 Å². The van der Waals surface area contributed by atoms with E-state index < -0.39 is 0 Å². The van der Waals surface area contributed by atoms with Crippen LogP contribution in [0.25, 0.3) is 0 Å². The molecule has 0 unspecified atom stereocenters. The molecule has 5 nitrogen and oxygen atoms in total. The molecule has 2 aromatic rings. The van der Waals surface area contributed by atoms with Crippen molar-refractivity contribution in [3.63, 3.8) is 0 Å². The first-order valence-electron chi connectivity index (χ1n) is 7.63. The van der Waals surface area contributed by atoms with Gasteiger partial charge in [-0.3, -0.25) is 9.98 Å². The second-order valence-corrected chi connectivity index (χ2v) is 6.70. The van der Waals surface area contributed by atoms with E-state index >= 15 is 0 Å². The van der Waals surface area contributed by atoms with Crippen LogP contribution in [0.2, 0.25) is 0 Å². The summed E-state index contributed by atoms with van der Waals surface area (Å²) in [6, 6.07) is 8.01. The molecule has 0 saturated heterocycles. The molecule has 0 aliphatic rings. The fourth-order valence-corrected chi connectivity index (χ4v) is 2.90. The van der Waals surface area contributed by atoms with Crippen molar-refractivity contribution in [1.82, 2.24) is 15.6 Å². The Kier molecular flexibility index (Phi) is 9.05. The molecular formula is C17H25IN4OS. The van der Waals surface area contributed by atoms with Gasteiger partial charge in [0.2, 0.25) is 0 Å². The zero-order valence-electron chi connectivity index (χ0n) is 14.3. The predicted octanol–water partition coefficient (Wildman–Crippen LogP) is 3.28. The lowest BCUT2D eigenvalue weighted by Gasteiger charge is -2.25. The lowest BCUT2D eigenvalue weighted by molar-refractivity contribution is 0.320.